The average molecular weight is 371 g/mol. The van der Waals surface area contributed by atoms with E-state index in [4.69, 9.17) is 14.3 Å². The lowest BCUT2D eigenvalue weighted by atomic mass is 10.1. The second kappa shape index (κ2) is 8.11. The van der Waals surface area contributed by atoms with Crippen LogP contribution in [-0.4, -0.2) is 16.7 Å². The van der Waals surface area contributed by atoms with Crippen LogP contribution in [0.15, 0.2) is 77.2 Å². The van der Waals surface area contributed by atoms with Crippen LogP contribution in [0.3, 0.4) is 0 Å². The molecule has 0 aliphatic carbocycles. The Morgan fingerprint density at radius 1 is 1.00 bits per heavy atom. The summed E-state index contributed by atoms with van der Waals surface area (Å²) in [5.41, 5.74) is 2.75. The SMILES string of the molecule is Cc1oc(-c2ccc3ccccc3c2)nc1COc1ccc(C=CCO)cc1. The van der Waals surface area contributed by atoms with Crippen LogP contribution < -0.4 is 4.74 Å². The maximum Gasteiger partial charge on any atom is 0.226 e. The number of aromatic nitrogens is 1. The number of rotatable bonds is 6. The number of aliphatic hydroxyl groups is 1. The third kappa shape index (κ3) is 3.97. The zero-order valence-corrected chi connectivity index (χ0v) is 15.6. The predicted octanol–water partition coefficient (Wildman–Crippen LogP) is 5.39. The van der Waals surface area contributed by atoms with E-state index in [9.17, 15) is 0 Å². The summed E-state index contributed by atoms with van der Waals surface area (Å²) in [5.74, 6) is 2.12. The first-order valence-electron chi connectivity index (χ1n) is 9.19. The molecule has 1 N–H and O–H groups in total. The van der Waals surface area contributed by atoms with Crippen molar-refractivity contribution in [2.75, 3.05) is 6.61 Å². The molecule has 0 saturated carbocycles. The molecule has 140 valence electrons. The van der Waals surface area contributed by atoms with E-state index in [1.54, 1.807) is 6.08 Å². The number of benzene rings is 3. The van der Waals surface area contributed by atoms with Gasteiger partial charge in [0.05, 0.1) is 6.61 Å². The Hall–Kier alpha value is -3.37. The molecule has 0 saturated heterocycles. The van der Waals surface area contributed by atoms with E-state index in [2.05, 4.69) is 29.2 Å². The summed E-state index contributed by atoms with van der Waals surface area (Å²) < 4.78 is 11.7. The van der Waals surface area contributed by atoms with Crippen molar-refractivity contribution >= 4 is 16.8 Å². The summed E-state index contributed by atoms with van der Waals surface area (Å²) in [6.07, 6.45) is 3.56. The zero-order valence-electron chi connectivity index (χ0n) is 15.6. The van der Waals surface area contributed by atoms with Gasteiger partial charge in [0.15, 0.2) is 0 Å². The maximum absolute atomic E-state index is 8.83. The van der Waals surface area contributed by atoms with Crippen molar-refractivity contribution < 1.29 is 14.3 Å². The number of ether oxygens (including phenoxy) is 1. The Morgan fingerprint density at radius 3 is 2.57 bits per heavy atom. The largest absolute Gasteiger partial charge is 0.487 e. The Balaban J connectivity index is 1.49. The first kappa shape index (κ1) is 18.0. The predicted molar refractivity (Wildman–Crippen MR) is 111 cm³/mol. The first-order valence-corrected chi connectivity index (χ1v) is 9.19. The number of fused-ring (bicyclic) bond motifs is 1. The molecule has 0 aliphatic heterocycles. The van der Waals surface area contributed by atoms with E-state index in [0.717, 1.165) is 33.7 Å². The molecule has 28 heavy (non-hydrogen) atoms. The van der Waals surface area contributed by atoms with E-state index < -0.39 is 0 Å². The smallest absolute Gasteiger partial charge is 0.226 e. The van der Waals surface area contributed by atoms with E-state index in [1.165, 1.54) is 5.39 Å². The number of aryl methyl sites for hydroxylation is 1. The summed E-state index contributed by atoms with van der Waals surface area (Å²) in [6.45, 7) is 2.27. The highest BCUT2D eigenvalue weighted by molar-refractivity contribution is 5.86. The van der Waals surface area contributed by atoms with E-state index in [0.29, 0.717) is 12.5 Å². The van der Waals surface area contributed by atoms with Gasteiger partial charge >= 0.3 is 0 Å². The average Bonchev–Trinajstić information content (AvgIpc) is 3.11. The molecule has 0 amide bonds. The summed E-state index contributed by atoms with van der Waals surface area (Å²) in [6, 6.07) is 22.1. The van der Waals surface area contributed by atoms with Gasteiger partial charge in [0.2, 0.25) is 5.89 Å². The Labute approximate surface area is 163 Å². The van der Waals surface area contributed by atoms with Gasteiger partial charge in [-0.2, -0.15) is 0 Å². The van der Waals surface area contributed by atoms with Crippen molar-refractivity contribution in [2.24, 2.45) is 0 Å². The second-order valence-electron chi connectivity index (χ2n) is 6.53. The second-order valence-corrected chi connectivity index (χ2v) is 6.53. The fourth-order valence-electron chi connectivity index (χ4n) is 3.02. The molecule has 4 heteroatoms. The minimum atomic E-state index is 0.0310. The summed E-state index contributed by atoms with van der Waals surface area (Å²) in [5, 5.41) is 11.2. The number of nitrogens with zero attached hydrogens (tertiary/aromatic N) is 1. The molecule has 0 aliphatic rings. The van der Waals surface area contributed by atoms with Crippen molar-refractivity contribution in [3.8, 4) is 17.2 Å². The molecule has 4 nitrogen and oxygen atoms in total. The highest BCUT2D eigenvalue weighted by Gasteiger charge is 2.12. The van der Waals surface area contributed by atoms with Gasteiger partial charge in [0, 0.05) is 5.56 Å². The maximum atomic E-state index is 8.83. The van der Waals surface area contributed by atoms with Gasteiger partial charge < -0.3 is 14.3 Å². The normalized spacial score (nSPS) is 11.4. The summed E-state index contributed by atoms with van der Waals surface area (Å²) in [7, 11) is 0. The van der Waals surface area contributed by atoms with Gasteiger partial charge in [-0.25, -0.2) is 4.98 Å². The third-order valence-electron chi connectivity index (χ3n) is 4.56. The van der Waals surface area contributed by atoms with E-state index in [1.807, 2.05) is 55.5 Å². The Bertz CT molecular complexity index is 1110. The zero-order chi connectivity index (χ0) is 19.3. The summed E-state index contributed by atoms with van der Waals surface area (Å²) >= 11 is 0. The fourth-order valence-corrected chi connectivity index (χ4v) is 3.02. The van der Waals surface area contributed by atoms with E-state index in [-0.39, 0.29) is 6.61 Å². The molecule has 4 aromatic rings. The molecule has 0 spiro atoms. The molecular formula is C24H21NO3. The highest BCUT2D eigenvalue weighted by Crippen LogP contribution is 2.26. The van der Waals surface area contributed by atoms with Crippen LogP contribution in [0.2, 0.25) is 0 Å². The monoisotopic (exact) mass is 371 g/mol. The van der Waals surface area contributed by atoms with Gasteiger partial charge in [-0.1, -0.05) is 54.6 Å². The first-order chi connectivity index (χ1) is 13.7. The lowest BCUT2D eigenvalue weighted by Crippen LogP contribution is -1.97. The molecule has 0 radical (unpaired) electrons. The van der Waals surface area contributed by atoms with Crippen LogP contribution in [0.25, 0.3) is 28.3 Å². The topological polar surface area (TPSA) is 55.5 Å². The number of oxazole rings is 1. The Kier molecular flexibility index (Phi) is 5.22. The fraction of sp³-hybridized carbons (Fsp3) is 0.125. The number of aliphatic hydroxyl groups excluding tert-OH is 1. The molecular weight excluding hydrogens is 350 g/mol. The van der Waals surface area contributed by atoms with Crippen LogP contribution in [0, 0.1) is 6.92 Å². The molecule has 1 aromatic heterocycles. The van der Waals surface area contributed by atoms with Gasteiger partial charge in [-0.15, -0.1) is 0 Å². The van der Waals surface area contributed by atoms with Crippen molar-refractivity contribution in [1.29, 1.82) is 0 Å². The molecule has 0 fully saturated rings. The van der Waals surface area contributed by atoms with Crippen LogP contribution in [0.5, 0.6) is 5.75 Å². The highest BCUT2D eigenvalue weighted by atomic mass is 16.5. The molecule has 1 heterocycles. The lowest BCUT2D eigenvalue weighted by Gasteiger charge is -2.04. The van der Waals surface area contributed by atoms with Crippen molar-refractivity contribution in [3.05, 3.63) is 89.8 Å². The van der Waals surface area contributed by atoms with Gasteiger partial charge in [-0.3, -0.25) is 0 Å². The van der Waals surface area contributed by atoms with Gasteiger partial charge in [0.25, 0.3) is 0 Å². The Morgan fingerprint density at radius 2 is 1.79 bits per heavy atom. The molecule has 0 atom stereocenters. The van der Waals surface area contributed by atoms with Gasteiger partial charge in [0.1, 0.15) is 23.8 Å². The van der Waals surface area contributed by atoms with Gasteiger partial charge in [-0.05, 0) is 47.5 Å². The standard InChI is InChI=1S/C24H21NO3/c1-17-23(16-27-22-12-8-18(9-13-22)5-4-14-26)25-24(28-17)21-11-10-19-6-2-3-7-20(19)15-21/h2-13,15,26H,14,16H2,1H3. The van der Waals surface area contributed by atoms with Crippen molar-refractivity contribution in [1.82, 2.24) is 4.98 Å². The molecule has 0 unspecified atom stereocenters. The van der Waals surface area contributed by atoms with Crippen LogP contribution >= 0.6 is 0 Å². The number of hydrogen-bond donors (Lipinski definition) is 1. The third-order valence-corrected chi connectivity index (χ3v) is 4.56. The molecule has 4 rings (SSSR count). The van der Waals surface area contributed by atoms with Crippen LogP contribution in [-0.2, 0) is 6.61 Å². The van der Waals surface area contributed by atoms with Crippen LogP contribution in [0.4, 0.5) is 0 Å². The number of hydrogen-bond acceptors (Lipinski definition) is 4. The minimum absolute atomic E-state index is 0.0310. The lowest BCUT2D eigenvalue weighted by molar-refractivity contribution is 0.299. The summed E-state index contributed by atoms with van der Waals surface area (Å²) in [4.78, 5) is 4.63. The quantitative estimate of drug-likeness (QED) is 0.494. The van der Waals surface area contributed by atoms with E-state index >= 15 is 0 Å². The molecule has 3 aromatic carbocycles. The van der Waals surface area contributed by atoms with Crippen LogP contribution in [0.1, 0.15) is 17.0 Å². The minimum Gasteiger partial charge on any atom is -0.487 e. The van der Waals surface area contributed by atoms with Crippen molar-refractivity contribution in [3.63, 3.8) is 0 Å². The molecule has 0 bridgehead atoms. The van der Waals surface area contributed by atoms with Crippen molar-refractivity contribution in [2.45, 2.75) is 13.5 Å².